The van der Waals surface area contributed by atoms with Gasteiger partial charge in [0.2, 0.25) is 0 Å². The molecule has 0 spiro atoms. The molecule has 0 aliphatic rings. The van der Waals surface area contributed by atoms with Crippen LogP contribution in [0.2, 0.25) is 0 Å². The predicted molar refractivity (Wildman–Crippen MR) is 103 cm³/mol. The molecule has 0 unspecified atom stereocenters. The molecule has 0 radical (unpaired) electrons. The molecule has 4 aromatic carbocycles. The normalized spacial score (nSPS) is 12.2. The van der Waals surface area contributed by atoms with Gasteiger partial charge in [-0.25, -0.2) is 0 Å². The Kier molecular flexibility index (Phi) is 2.77. The highest BCUT2D eigenvalue weighted by atomic mass is 16.3. The molecule has 0 aliphatic carbocycles. The maximum atomic E-state index is 6.01. The average Bonchev–Trinajstić information content (AvgIpc) is 3.00. The summed E-state index contributed by atoms with van der Waals surface area (Å²) in [5, 5.41) is 7.48. The van der Waals surface area contributed by atoms with Gasteiger partial charge in [0.1, 0.15) is 11.2 Å². The molecule has 24 heavy (non-hydrogen) atoms. The second kappa shape index (κ2) is 4.97. The lowest BCUT2D eigenvalue weighted by atomic mass is 9.97. The van der Waals surface area contributed by atoms with Gasteiger partial charge in [0, 0.05) is 10.8 Å². The number of fused-ring (bicyclic) bond motifs is 7. The van der Waals surface area contributed by atoms with Gasteiger partial charge in [-0.05, 0) is 52.2 Å². The van der Waals surface area contributed by atoms with E-state index in [0.29, 0.717) is 0 Å². The van der Waals surface area contributed by atoms with Crippen LogP contribution < -0.4 is 0 Å². The van der Waals surface area contributed by atoms with Crippen molar-refractivity contribution in [3.8, 4) is 0 Å². The molecule has 5 rings (SSSR count). The molecule has 5 aromatic rings. The SMILES string of the molecule is C/C=C/c1ccc2c(ccc3c2ccc2oc4ccccc4c23)c1. The number of rotatable bonds is 1. The zero-order valence-electron chi connectivity index (χ0n) is 13.4. The molecule has 1 heterocycles. The van der Waals surface area contributed by atoms with Crippen LogP contribution in [0.25, 0.3) is 49.6 Å². The molecule has 0 saturated carbocycles. The molecule has 0 N–H and O–H groups in total. The fraction of sp³-hybridized carbons (Fsp3) is 0.0435. The van der Waals surface area contributed by atoms with Gasteiger partial charge in [0.15, 0.2) is 0 Å². The number of hydrogen-bond donors (Lipinski definition) is 0. The van der Waals surface area contributed by atoms with Crippen LogP contribution in [0.5, 0.6) is 0 Å². The smallest absolute Gasteiger partial charge is 0.136 e. The van der Waals surface area contributed by atoms with Crippen LogP contribution in [0.3, 0.4) is 0 Å². The fourth-order valence-electron chi connectivity index (χ4n) is 3.68. The quantitative estimate of drug-likeness (QED) is 0.306. The Hall–Kier alpha value is -3.06. The Bertz CT molecular complexity index is 1250. The van der Waals surface area contributed by atoms with Crippen molar-refractivity contribution in [3.05, 3.63) is 78.4 Å². The Morgan fingerprint density at radius 3 is 2.46 bits per heavy atom. The van der Waals surface area contributed by atoms with Crippen LogP contribution >= 0.6 is 0 Å². The van der Waals surface area contributed by atoms with E-state index in [1.54, 1.807) is 0 Å². The van der Waals surface area contributed by atoms with E-state index in [0.717, 1.165) is 11.2 Å². The Morgan fingerprint density at radius 1 is 0.708 bits per heavy atom. The van der Waals surface area contributed by atoms with Crippen LogP contribution in [0.1, 0.15) is 12.5 Å². The van der Waals surface area contributed by atoms with Crippen LogP contribution in [-0.4, -0.2) is 0 Å². The first-order chi connectivity index (χ1) is 11.8. The van der Waals surface area contributed by atoms with Gasteiger partial charge in [0.25, 0.3) is 0 Å². The topological polar surface area (TPSA) is 13.1 Å². The predicted octanol–water partition coefficient (Wildman–Crippen LogP) is 6.93. The van der Waals surface area contributed by atoms with Crippen molar-refractivity contribution in [3.63, 3.8) is 0 Å². The highest BCUT2D eigenvalue weighted by Gasteiger charge is 2.11. The lowest BCUT2D eigenvalue weighted by Crippen LogP contribution is -1.80. The average molecular weight is 308 g/mol. The third-order valence-electron chi connectivity index (χ3n) is 4.74. The molecule has 1 heteroatoms. The number of allylic oxidation sites excluding steroid dienone is 1. The number of furan rings is 1. The van der Waals surface area contributed by atoms with E-state index < -0.39 is 0 Å². The maximum absolute atomic E-state index is 6.01. The van der Waals surface area contributed by atoms with Crippen LogP contribution in [0.15, 0.2) is 77.2 Å². The van der Waals surface area contributed by atoms with Gasteiger partial charge in [-0.15, -0.1) is 0 Å². The highest BCUT2D eigenvalue weighted by molar-refractivity contribution is 6.23. The van der Waals surface area contributed by atoms with E-state index in [4.69, 9.17) is 4.42 Å². The first-order valence-electron chi connectivity index (χ1n) is 8.24. The molecular weight excluding hydrogens is 292 g/mol. The standard InChI is InChI=1S/C23H16O/c1-2-5-15-8-10-17-16(14-15)9-11-19-18(17)12-13-22-23(19)20-6-3-4-7-21(20)24-22/h2-14H,1H3/b5-2+. The highest BCUT2D eigenvalue weighted by Crippen LogP contribution is 2.37. The maximum Gasteiger partial charge on any atom is 0.136 e. The summed E-state index contributed by atoms with van der Waals surface area (Å²) < 4.78 is 6.01. The number of para-hydroxylation sites is 1. The molecule has 0 aliphatic heterocycles. The molecular formula is C23H16O. The number of hydrogen-bond acceptors (Lipinski definition) is 1. The van der Waals surface area contributed by atoms with Crippen molar-refractivity contribution in [2.75, 3.05) is 0 Å². The third kappa shape index (κ3) is 1.82. The van der Waals surface area contributed by atoms with E-state index in [2.05, 4.69) is 66.7 Å². The lowest BCUT2D eigenvalue weighted by Gasteiger charge is -2.06. The molecule has 0 atom stereocenters. The molecule has 114 valence electrons. The summed E-state index contributed by atoms with van der Waals surface area (Å²) in [6.07, 6.45) is 4.21. The second-order valence-corrected chi connectivity index (χ2v) is 6.18. The van der Waals surface area contributed by atoms with Gasteiger partial charge in [-0.2, -0.15) is 0 Å². The Labute approximate surface area is 139 Å². The second-order valence-electron chi connectivity index (χ2n) is 6.18. The van der Waals surface area contributed by atoms with Crippen LogP contribution in [0, 0.1) is 0 Å². The Balaban J connectivity index is 1.94. The summed E-state index contributed by atoms with van der Waals surface area (Å²) in [5.41, 5.74) is 3.14. The summed E-state index contributed by atoms with van der Waals surface area (Å²) in [5.74, 6) is 0. The van der Waals surface area contributed by atoms with Crippen LogP contribution in [0.4, 0.5) is 0 Å². The van der Waals surface area contributed by atoms with Crippen molar-refractivity contribution < 1.29 is 4.42 Å². The van der Waals surface area contributed by atoms with E-state index in [1.807, 2.05) is 19.1 Å². The van der Waals surface area contributed by atoms with Gasteiger partial charge in [-0.3, -0.25) is 0 Å². The van der Waals surface area contributed by atoms with Gasteiger partial charge in [-0.1, -0.05) is 60.7 Å². The first-order valence-corrected chi connectivity index (χ1v) is 8.24. The summed E-state index contributed by atoms with van der Waals surface area (Å²) in [6.45, 7) is 2.05. The van der Waals surface area contributed by atoms with E-state index >= 15 is 0 Å². The minimum absolute atomic E-state index is 0.948. The fourth-order valence-corrected chi connectivity index (χ4v) is 3.68. The van der Waals surface area contributed by atoms with Crippen molar-refractivity contribution in [1.82, 2.24) is 0 Å². The van der Waals surface area contributed by atoms with Crippen LogP contribution in [-0.2, 0) is 0 Å². The van der Waals surface area contributed by atoms with E-state index in [-0.39, 0.29) is 0 Å². The molecule has 0 amide bonds. The summed E-state index contributed by atoms with van der Waals surface area (Å²) in [4.78, 5) is 0. The minimum atomic E-state index is 0.948. The molecule has 0 bridgehead atoms. The minimum Gasteiger partial charge on any atom is -0.456 e. The largest absolute Gasteiger partial charge is 0.456 e. The van der Waals surface area contributed by atoms with Gasteiger partial charge < -0.3 is 4.42 Å². The monoisotopic (exact) mass is 308 g/mol. The van der Waals surface area contributed by atoms with Crippen molar-refractivity contribution in [1.29, 1.82) is 0 Å². The zero-order valence-corrected chi connectivity index (χ0v) is 13.4. The van der Waals surface area contributed by atoms with Crippen molar-refractivity contribution >= 4 is 49.6 Å². The molecule has 1 nitrogen and oxygen atoms in total. The van der Waals surface area contributed by atoms with Crippen molar-refractivity contribution in [2.45, 2.75) is 6.92 Å². The molecule has 1 aromatic heterocycles. The molecule has 0 fully saturated rings. The summed E-state index contributed by atoms with van der Waals surface area (Å²) in [7, 11) is 0. The summed E-state index contributed by atoms with van der Waals surface area (Å²) >= 11 is 0. The van der Waals surface area contributed by atoms with Gasteiger partial charge in [0.05, 0.1) is 0 Å². The zero-order chi connectivity index (χ0) is 16.1. The Morgan fingerprint density at radius 2 is 1.54 bits per heavy atom. The van der Waals surface area contributed by atoms with E-state index in [1.165, 1.54) is 37.9 Å². The van der Waals surface area contributed by atoms with Gasteiger partial charge >= 0.3 is 0 Å². The molecule has 0 saturated heterocycles. The third-order valence-corrected chi connectivity index (χ3v) is 4.74. The lowest BCUT2D eigenvalue weighted by molar-refractivity contribution is 0.669. The first kappa shape index (κ1) is 13.4. The summed E-state index contributed by atoms with van der Waals surface area (Å²) in [6, 6.07) is 23.6. The van der Waals surface area contributed by atoms with Crippen molar-refractivity contribution in [2.24, 2.45) is 0 Å². The van der Waals surface area contributed by atoms with E-state index in [9.17, 15) is 0 Å². The number of benzene rings is 4.